The molecular formula is C6H4Br3N3O2. The van der Waals surface area contributed by atoms with Crippen molar-refractivity contribution in [3.05, 3.63) is 35.7 Å². The summed E-state index contributed by atoms with van der Waals surface area (Å²) < 4.78 is 2.27. The Bertz CT molecular complexity index is 348. The number of hydrogen-bond donors (Lipinski definition) is 2. The summed E-state index contributed by atoms with van der Waals surface area (Å²) in [6.07, 6.45) is 0. The molecule has 8 heteroatoms. The fraction of sp³-hybridized carbons (Fsp3) is 0. The Morgan fingerprint density at radius 1 is 1.21 bits per heavy atom. The van der Waals surface area contributed by atoms with Gasteiger partial charge in [0.25, 0.3) is 0 Å². The molecule has 0 fully saturated rings. The van der Waals surface area contributed by atoms with Gasteiger partial charge >= 0.3 is 0 Å². The highest BCUT2D eigenvalue weighted by Gasteiger charge is 2.07. The smallest absolute Gasteiger partial charge is 0.178 e. The van der Waals surface area contributed by atoms with Crippen LogP contribution in [0.1, 0.15) is 0 Å². The van der Waals surface area contributed by atoms with Crippen molar-refractivity contribution >= 4 is 53.5 Å². The zero-order chi connectivity index (χ0) is 10.7. The summed E-state index contributed by atoms with van der Waals surface area (Å²) in [6.45, 7) is 0. The molecule has 1 aromatic carbocycles. The second kappa shape index (κ2) is 4.94. The van der Waals surface area contributed by atoms with Crippen LogP contribution in [0.25, 0.3) is 0 Å². The van der Waals surface area contributed by atoms with E-state index in [0.29, 0.717) is 14.6 Å². The van der Waals surface area contributed by atoms with Gasteiger partial charge in [-0.05, 0) is 49.5 Å². The van der Waals surface area contributed by atoms with Gasteiger partial charge in [-0.2, -0.15) is 0 Å². The third kappa shape index (κ3) is 3.10. The predicted molar refractivity (Wildman–Crippen MR) is 63.3 cm³/mol. The molecule has 1 rings (SSSR count). The fourth-order valence-electron chi connectivity index (χ4n) is 0.763. The lowest BCUT2D eigenvalue weighted by molar-refractivity contribution is -0.538. The van der Waals surface area contributed by atoms with Crippen LogP contribution in [0.3, 0.4) is 0 Å². The normalized spacial score (nSPS) is 9.64. The third-order valence-electron chi connectivity index (χ3n) is 1.28. The van der Waals surface area contributed by atoms with Crippen molar-refractivity contribution < 1.29 is 5.03 Å². The van der Waals surface area contributed by atoms with Crippen LogP contribution in [0.15, 0.2) is 25.6 Å². The van der Waals surface area contributed by atoms with Crippen molar-refractivity contribution in [2.45, 2.75) is 0 Å². The topological polar surface area (TPSA) is 67.2 Å². The first kappa shape index (κ1) is 11.7. The number of benzene rings is 1. The number of nitrogens with one attached hydrogen (secondary N) is 2. The molecule has 0 aliphatic rings. The first-order chi connectivity index (χ1) is 6.50. The standard InChI is InChI=1S/C6H4Br3N3O2/c7-3-1-4(8)6(5(9)2-3)10-11-12(13)14/h1-2,10-11H. The lowest BCUT2D eigenvalue weighted by Gasteiger charge is -2.07. The Balaban J connectivity index is 2.91. The molecule has 0 saturated carbocycles. The van der Waals surface area contributed by atoms with Crippen LogP contribution in [-0.4, -0.2) is 5.03 Å². The van der Waals surface area contributed by atoms with Crippen LogP contribution < -0.4 is 11.0 Å². The van der Waals surface area contributed by atoms with E-state index in [1.807, 2.05) is 5.53 Å². The second-order valence-electron chi connectivity index (χ2n) is 2.24. The largest absolute Gasteiger partial charge is 0.246 e. The van der Waals surface area contributed by atoms with Crippen molar-refractivity contribution in [2.75, 3.05) is 5.43 Å². The number of halogens is 3. The van der Waals surface area contributed by atoms with Gasteiger partial charge in [-0.25, -0.2) is 15.5 Å². The molecule has 0 aliphatic heterocycles. The Morgan fingerprint density at radius 2 is 1.71 bits per heavy atom. The zero-order valence-electron chi connectivity index (χ0n) is 6.55. The highest BCUT2D eigenvalue weighted by molar-refractivity contribution is 9.11. The molecule has 14 heavy (non-hydrogen) atoms. The number of hydrazine groups is 2. The molecule has 1 aromatic rings. The minimum atomic E-state index is -0.680. The molecule has 0 unspecified atom stereocenters. The van der Waals surface area contributed by atoms with Crippen molar-refractivity contribution in [3.63, 3.8) is 0 Å². The molecule has 0 radical (unpaired) electrons. The van der Waals surface area contributed by atoms with Gasteiger partial charge in [0, 0.05) is 13.4 Å². The average Bonchev–Trinajstić information content (AvgIpc) is 2.01. The first-order valence-electron chi connectivity index (χ1n) is 3.31. The summed E-state index contributed by atoms with van der Waals surface area (Å²) >= 11 is 9.81. The number of nitro groups is 1. The van der Waals surface area contributed by atoms with Gasteiger partial charge in [0.2, 0.25) is 0 Å². The van der Waals surface area contributed by atoms with Crippen LogP contribution in [0.5, 0.6) is 0 Å². The van der Waals surface area contributed by atoms with Crippen LogP contribution in [0, 0.1) is 10.1 Å². The van der Waals surface area contributed by atoms with Crippen LogP contribution in [0.2, 0.25) is 0 Å². The van der Waals surface area contributed by atoms with E-state index >= 15 is 0 Å². The molecule has 0 saturated heterocycles. The Kier molecular flexibility index (Phi) is 4.14. The van der Waals surface area contributed by atoms with Crippen LogP contribution >= 0.6 is 47.8 Å². The third-order valence-corrected chi connectivity index (χ3v) is 2.99. The molecule has 0 spiro atoms. The predicted octanol–water partition coefficient (Wildman–Crippen LogP) is 3.08. The van der Waals surface area contributed by atoms with E-state index in [9.17, 15) is 10.1 Å². The van der Waals surface area contributed by atoms with Crippen molar-refractivity contribution in [1.82, 2.24) is 5.53 Å². The Hall–Kier alpha value is -0.340. The Labute approximate surface area is 105 Å². The summed E-state index contributed by atoms with van der Waals surface area (Å²) in [5.41, 5.74) is 4.86. The maximum atomic E-state index is 10.1. The average molecular weight is 390 g/mol. The molecule has 0 bridgehead atoms. The molecule has 0 aromatic heterocycles. The highest BCUT2D eigenvalue weighted by atomic mass is 79.9. The maximum absolute atomic E-state index is 10.1. The summed E-state index contributed by atoms with van der Waals surface area (Å²) in [4.78, 5) is 10.1. The van der Waals surface area contributed by atoms with Crippen molar-refractivity contribution in [3.8, 4) is 0 Å². The van der Waals surface area contributed by atoms with E-state index in [4.69, 9.17) is 0 Å². The van der Waals surface area contributed by atoms with Gasteiger partial charge in [0.05, 0.1) is 5.69 Å². The molecule has 5 nitrogen and oxygen atoms in total. The van der Waals surface area contributed by atoms with E-state index in [1.165, 1.54) is 0 Å². The van der Waals surface area contributed by atoms with E-state index in [2.05, 4.69) is 53.2 Å². The van der Waals surface area contributed by atoms with Gasteiger partial charge in [0.1, 0.15) is 0 Å². The van der Waals surface area contributed by atoms with Gasteiger partial charge < -0.3 is 0 Å². The van der Waals surface area contributed by atoms with E-state index in [0.717, 1.165) is 4.47 Å². The van der Waals surface area contributed by atoms with Crippen molar-refractivity contribution in [1.29, 1.82) is 0 Å². The molecule has 0 amide bonds. The summed E-state index contributed by atoms with van der Waals surface area (Å²) in [5.74, 6) is 0. The number of anilines is 1. The fourth-order valence-corrected chi connectivity index (χ4v) is 3.22. The lowest BCUT2D eigenvalue weighted by atomic mass is 10.3. The van der Waals surface area contributed by atoms with Crippen molar-refractivity contribution in [2.24, 2.45) is 0 Å². The SMILES string of the molecule is O=[N+]([O-])NNc1c(Br)cc(Br)cc1Br. The molecule has 76 valence electrons. The molecule has 0 heterocycles. The second-order valence-corrected chi connectivity index (χ2v) is 4.86. The summed E-state index contributed by atoms with van der Waals surface area (Å²) in [7, 11) is 0. The monoisotopic (exact) mass is 387 g/mol. The number of rotatable bonds is 3. The Morgan fingerprint density at radius 3 is 2.14 bits per heavy atom. The van der Waals surface area contributed by atoms with Gasteiger partial charge in [-0.15, -0.1) is 0 Å². The zero-order valence-corrected chi connectivity index (χ0v) is 11.3. The highest BCUT2D eigenvalue weighted by Crippen LogP contribution is 2.33. The van der Waals surface area contributed by atoms with E-state index in [-0.39, 0.29) is 0 Å². The minimum absolute atomic E-state index is 0.560. The minimum Gasteiger partial charge on any atom is -0.246 e. The van der Waals surface area contributed by atoms with Gasteiger partial charge in [-0.3, -0.25) is 0 Å². The molecule has 2 N–H and O–H groups in total. The van der Waals surface area contributed by atoms with Crippen LogP contribution in [0.4, 0.5) is 5.69 Å². The van der Waals surface area contributed by atoms with E-state index < -0.39 is 5.03 Å². The van der Waals surface area contributed by atoms with Gasteiger partial charge in [0.15, 0.2) is 5.03 Å². The molecule has 0 aliphatic carbocycles. The quantitative estimate of drug-likeness (QED) is 0.616. The first-order valence-corrected chi connectivity index (χ1v) is 5.69. The van der Waals surface area contributed by atoms with Crippen LogP contribution in [-0.2, 0) is 0 Å². The number of hydrogen-bond acceptors (Lipinski definition) is 3. The summed E-state index contributed by atoms with van der Waals surface area (Å²) in [5, 5.41) is 9.37. The van der Waals surface area contributed by atoms with Gasteiger partial charge in [-0.1, -0.05) is 15.9 Å². The van der Waals surface area contributed by atoms with E-state index in [1.54, 1.807) is 12.1 Å². The maximum Gasteiger partial charge on any atom is 0.178 e. The summed E-state index contributed by atoms with van der Waals surface area (Å²) in [6, 6.07) is 3.55. The molecular weight excluding hydrogens is 386 g/mol. The number of nitrogens with zero attached hydrogens (tertiary/aromatic N) is 1. The lowest BCUT2D eigenvalue weighted by Crippen LogP contribution is -2.28. The molecule has 0 atom stereocenters.